The molecule has 0 atom stereocenters. The van der Waals surface area contributed by atoms with Crippen molar-refractivity contribution in [1.82, 2.24) is 24.8 Å². The number of morpholine rings is 1. The highest BCUT2D eigenvalue weighted by molar-refractivity contribution is 7.92. The maximum Gasteiger partial charge on any atom is 0.410 e. The number of nitrogens with one attached hydrogen (secondary N) is 1. The highest BCUT2D eigenvalue weighted by atomic mass is 32.2. The molecule has 1 amide bonds. The molecule has 3 aromatic heterocycles. The molecule has 0 aliphatic carbocycles. The summed E-state index contributed by atoms with van der Waals surface area (Å²) in [4.78, 5) is 34.3. The van der Waals surface area contributed by atoms with Crippen molar-refractivity contribution in [2.75, 3.05) is 75.5 Å². The molecule has 1 N–H and O–H groups in total. The highest BCUT2D eigenvalue weighted by Gasteiger charge is 2.28. The maximum atomic E-state index is 12.6. The van der Waals surface area contributed by atoms with Gasteiger partial charge >= 0.3 is 6.09 Å². The molecule has 0 unspecified atom stereocenters. The first-order chi connectivity index (χ1) is 20.3. The van der Waals surface area contributed by atoms with E-state index in [1.165, 1.54) is 7.11 Å². The van der Waals surface area contributed by atoms with Crippen molar-refractivity contribution in [2.24, 2.45) is 0 Å². The zero-order valence-corrected chi connectivity index (χ0v) is 27.1. The van der Waals surface area contributed by atoms with Crippen LogP contribution >= 0.6 is 11.3 Å². The van der Waals surface area contributed by atoms with E-state index in [9.17, 15) is 13.2 Å². The van der Waals surface area contributed by atoms with Crippen LogP contribution in [0.1, 0.15) is 31.2 Å². The number of ether oxygens (including phenoxy) is 3. The predicted octanol–water partition coefficient (Wildman–Crippen LogP) is 3.33. The zero-order chi connectivity index (χ0) is 30.9. The Labute approximate surface area is 256 Å². The molecule has 0 saturated carbocycles. The van der Waals surface area contributed by atoms with Crippen LogP contribution in [0.25, 0.3) is 21.5 Å². The van der Waals surface area contributed by atoms with Gasteiger partial charge in [-0.2, -0.15) is 0 Å². The van der Waals surface area contributed by atoms with Crippen molar-refractivity contribution in [2.45, 2.75) is 39.8 Å². The molecule has 13 nitrogen and oxygen atoms in total. The zero-order valence-electron chi connectivity index (χ0n) is 25.5. The van der Waals surface area contributed by atoms with E-state index in [1.807, 2.05) is 20.8 Å². The Balaban J connectivity index is 1.50. The van der Waals surface area contributed by atoms with Crippen LogP contribution in [-0.2, 0) is 26.0 Å². The lowest BCUT2D eigenvalue weighted by Gasteiger charge is -2.35. The summed E-state index contributed by atoms with van der Waals surface area (Å²) in [6.07, 6.45) is 2.44. The van der Waals surface area contributed by atoms with Gasteiger partial charge in [-0.15, -0.1) is 11.3 Å². The van der Waals surface area contributed by atoms with Crippen molar-refractivity contribution in [1.29, 1.82) is 0 Å². The molecular weight excluding hydrogens is 594 g/mol. The van der Waals surface area contributed by atoms with E-state index in [0.717, 1.165) is 26.9 Å². The Kier molecular flexibility index (Phi) is 8.97. The summed E-state index contributed by atoms with van der Waals surface area (Å²) in [5, 5.41) is 0. The number of methoxy groups -OCH3 is 1. The van der Waals surface area contributed by atoms with Gasteiger partial charge < -0.3 is 24.0 Å². The van der Waals surface area contributed by atoms with Crippen molar-refractivity contribution < 1.29 is 27.4 Å². The number of carbonyl (C=O) groups is 1. The van der Waals surface area contributed by atoms with E-state index in [4.69, 9.17) is 24.2 Å². The Morgan fingerprint density at radius 1 is 1.12 bits per heavy atom. The van der Waals surface area contributed by atoms with Crippen LogP contribution in [0.3, 0.4) is 0 Å². The van der Waals surface area contributed by atoms with E-state index in [2.05, 4.69) is 26.4 Å². The fourth-order valence-electron chi connectivity index (χ4n) is 5.06. The van der Waals surface area contributed by atoms with Crippen LogP contribution in [0.5, 0.6) is 5.88 Å². The van der Waals surface area contributed by atoms with E-state index < -0.39 is 15.6 Å². The molecule has 0 aromatic carbocycles. The SMILES string of the molecule is COc1ncc(-c2nc(N3CCOCC3)nc3c(CN4CCN(C(=O)OC(C)(C)C)CC4)c(C)sc23)cc1NS(C)(=O)=O. The first-order valence-corrected chi connectivity index (χ1v) is 16.9. The summed E-state index contributed by atoms with van der Waals surface area (Å²) >= 11 is 1.61. The second-order valence-corrected chi connectivity index (χ2v) is 14.7. The molecule has 2 aliphatic rings. The van der Waals surface area contributed by atoms with Gasteiger partial charge in [-0.25, -0.2) is 28.2 Å². The van der Waals surface area contributed by atoms with Gasteiger partial charge in [0.05, 0.1) is 42.5 Å². The van der Waals surface area contributed by atoms with Gasteiger partial charge in [0, 0.05) is 68.0 Å². The number of rotatable bonds is 7. The molecule has 43 heavy (non-hydrogen) atoms. The summed E-state index contributed by atoms with van der Waals surface area (Å²) in [6.45, 7) is 13.5. The monoisotopic (exact) mass is 633 g/mol. The van der Waals surface area contributed by atoms with Crippen molar-refractivity contribution in [3.05, 3.63) is 22.7 Å². The molecule has 5 heterocycles. The van der Waals surface area contributed by atoms with E-state index in [-0.39, 0.29) is 17.7 Å². The summed E-state index contributed by atoms with van der Waals surface area (Å²) in [5.74, 6) is 0.759. The molecule has 0 spiro atoms. The highest BCUT2D eigenvalue weighted by Crippen LogP contribution is 2.39. The standard InChI is InChI=1S/C28H39N7O6S2/c1-18-20(17-33-7-9-35(10-8-33)27(36)41-28(2,3)4)23-24(42-18)22(30-26(31-23)34-11-13-40-14-12-34)19-15-21(32-43(6,37)38)25(39-5)29-16-19/h15-16,32H,7-14,17H2,1-6H3. The normalized spacial score (nSPS) is 16.9. The molecule has 5 rings (SSSR count). The lowest BCUT2D eigenvalue weighted by molar-refractivity contribution is 0.0139. The third-order valence-electron chi connectivity index (χ3n) is 7.13. The first-order valence-electron chi connectivity index (χ1n) is 14.2. The first kappa shape index (κ1) is 31.2. The number of carbonyl (C=O) groups excluding carboxylic acids is 1. The summed E-state index contributed by atoms with van der Waals surface area (Å²) in [7, 11) is -2.13. The number of hydrogen-bond acceptors (Lipinski definition) is 12. The lowest BCUT2D eigenvalue weighted by Crippen LogP contribution is -2.49. The summed E-state index contributed by atoms with van der Waals surface area (Å²) in [5.41, 5.74) is 2.99. The molecule has 3 aromatic rings. The number of pyridine rings is 1. The Hall–Kier alpha value is -3.27. The lowest BCUT2D eigenvalue weighted by atomic mass is 10.1. The Morgan fingerprint density at radius 2 is 1.81 bits per heavy atom. The van der Waals surface area contributed by atoms with Crippen molar-refractivity contribution >= 4 is 49.3 Å². The van der Waals surface area contributed by atoms with Crippen LogP contribution in [0.2, 0.25) is 0 Å². The molecule has 2 saturated heterocycles. The Morgan fingerprint density at radius 3 is 2.44 bits per heavy atom. The second kappa shape index (κ2) is 12.4. The second-order valence-electron chi connectivity index (χ2n) is 11.7. The third kappa shape index (κ3) is 7.45. The number of piperazine rings is 1. The largest absolute Gasteiger partial charge is 0.480 e. The van der Waals surface area contributed by atoms with Crippen LogP contribution in [0.15, 0.2) is 12.3 Å². The molecule has 0 radical (unpaired) electrons. The van der Waals surface area contributed by atoms with Crippen LogP contribution < -0.4 is 14.4 Å². The summed E-state index contributed by atoms with van der Waals surface area (Å²) < 4.78 is 44.0. The van der Waals surface area contributed by atoms with E-state index in [1.54, 1.807) is 28.5 Å². The average Bonchev–Trinajstić information content (AvgIpc) is 3.26. The number of thiophene rings is 1. The molecule has 15 heteroatoms. The molecule has 234 valence electrons. The molecule has 2 aliphatic heterocycles. The van der Waals surface area contributed by atoms with Gasteiger partial charge in [0.15, 0.2) is 0 Å². The predicted molar refractivity (Wildman–Crippen MR) is 167 cm³/mol. The van der Waals surface area contributed by atoms with Gasteiger partial charge in [-0.3, -0.25) is 9.62 Å². The molecular formula is C28H39N7O6S2. The summed E-state index contributed by atoms with van der Waals surface area (Å²) in [6, 6.07) is 1.70. The third-order valence-corrected chi connectivity index (χ3v) is 8.87. The number of fused-ring (bicyclic) bond motifs is 1. The van der Waals surface area contributed by atoms with E-state index >= 15 is 0 Å². The number of aromatic nitrogens is 3. The quantitative estimate of drug-likeness (QED) is 0.410. The maximum absolute atomic E-state index is 12.6. The fourth-order valence-corrected chi connectivity index (χ4v) is 6.73. The smallest absolute Gasteiger partial charge is 0.410 e. The topological polar surface area (TPSA) is 139 Å². The minimum absolute atomic E-state index is 0.168. The van der Waals surface area contributed by atoms with Crippen LogP contribution in [0, 0.1) is 6.92 Å². The Bertz CT molecular complexity index is 1590. The molecule has 2 fully saturated rings. The number of hydrogen-bond donors (Lipinski definition) is 1. The fraction of sp³-hybridized carbons (Fsp3) is 0.571. The van der Waals surface area contributed by atoms with Crippen molar-refractivity contribution in [3.63, 3.8) is 0 Å². The molecule has 0 bridgehead atoms. The van der Waals surface area contributed by atoms with E-state index in [0.29, 0.717) is 76.2 Å². The minimum atomic E-state index is -3.57. The van der Waals surface area contributed by atoms with Gasteiger partial charge in [0.2, 0.25) is 21.9 Å². The van der Waals surface area contributed by atoms with Gasteiger partial charge in [-0.1, -0.05) is 0 Å². The van der Waals surface area contributed by atoms with Gasteiger partial charge in [0.1, 0.15) is 11.3 Å². The number of amides is 1. The number of nitrogens with zero attached hydrogens (tertiary/aromatic N) is 6. The number of anilines is 2. The van der Waals surface area contributed by atoms with Gasteiger partial charge in [-0.05, 0) is 33.8 Å². The average molecular weight is 634 g/mol. The van der Waals surface area contributed by atoms with Crippen LogP contribution in [0.4, 0.5) is 16.4 Å². The van der Waals surface area contributed by atoms with Crippen LogP contribution in [-0.4, -0.2) is 111 Å². The number of aryl methyl sites for hydroxylation is 1. The van der Waals surface area contributed by atoms with Crippen molar-refractivity contribution in [3.8, 4) is 17.1 Å². The minimum Gasteiger partial charge on any atom is -0.480 e. The number of sulfonamides is 1. The van der Waals surface area contributed by atoms with Gasteiger partial charge in [0.25, 0.3) is 0 Å².